The van der Waals surface area contributed by atoms with Gasteiger partial charge in [-0.05, 0) is 42.2 Å². The van der Waals surface area contributed by atoms with E-state index in [-0.39, 0.29) is 22.8 Å². The molecule has 7 heteroatoms. The average molecular weight is 464 g/mol. The molecule has 33 heavy (non-hydrogen) atoms. The zero-order valence-corrected chi connectivity index (χ0v) is 19.4. The van der Waals surface area contributed by atoms with Crippen LogP contribution in [0, 0.1) is 12.8 Å². The molecule has 1 heterocycles. The van der Waals surface area contributed by atoms with Gasteiger partial charge in [0.05, 0.1) is 10.8 Å². The number of nitrogens with one attached hydrogen (secondary N) is 3. The number of piperidine rings is 1. The highest BCUT2D eigenvalue weighted by Crippen LogP contribution is 2.23. The maximum absolute atomic E-state index is 12.9. The third-order valence-corrected chi connectivity index (χ3v) is 7.47. The van der Waals surface area contributed by atoms with Gasteiger partial charge in [0.2, 0.25) is 15.9 Å². The summed E-state index contributed by atoms with van der Waals surface area (Å²) in [4.78, 5) is 13.1. The van der Waals surface area contributed by atoms with Crippen molar-refractivity contribution in [3.63, 3.8) is 0 Å². The number of carbonyl (C=O) groups is 1. The molecule has 1 aliphatic heterocycles. The summed E-state index contributed by atoms with van der Waals surface area (Å²) < 4.78 is 28.2. The minimum Gasteiger partial charge on any atom is -0.352 e. The van der Waals surface area contributed by atoms with Crippen molar-refractivity contribution in [3.05, 3.63) is 90.0 Å². The minimum atomic E-state index is -3.64. The van der Waals surface area contributed by atoms with E-state index < -0.39 is 10.0 Å². The smallest absolute Gasteiger partial charge is 0.240 e. The van der Waals surface area contributed by atoms with Crippen molar-refractivity contribution < 1.29 is 13.2 Å². The summed E-state index contributed by atoms with van der Waals surface area (Å²) >= 11 is 0. The molecule has 0 saturated carbocycles. The first-order chi connectivity index (χ1) is 15.9. The highest BCUT2D eigenvalue weighted by atomic mass is 32.2. The van der Waals surface area contributed by atoms with Crippen molar-refractivity contribution in [1.29, 1.82) is 0 Å². The Morgan fingerprint density at radius 3 is 2.39 bits per heavy atom. The van der Waals surface area contributed by atoms with Crippen LogP contribution in [0.5, 0.6) is 0 Å². The van der Waals surface area contributed by atoms with E-state index in [1.165, 1.54) is 0 Å². The third kappa shape index (κ3) is 5.87. The molecule has 3 aromatic carbocycles. The van der Waals surface area contributed by atoms with Gasteiger partial charge in [-0.25, -0.2) is 13.1 Å². The molecule has 3 aromatic rings. The SMILES string of the molecule is Cc1ccc(S(=O)(=O)N[C@@H]2CNC[C@@H](C(=O)NCc3ccccc3-c3ccccc3)C2)cc1. The summed E-state index contributed by atoms with van der Waals surface area (Å²) in [5.41, 5.74) is 4.23. The molecule has 0 aliphatic carbocycles. The number of aryl methyl sites for hydroxylation is 1. The molecule has 172 valence electrons. The lowest BCUT2D eigenvalue weighted by molar-refractivity contribution is -0.125. The highest BCUT2D eigenvalue weighted by molar-refractivity contribution is 7.89. The Balaban J connectivity index is 1.37. The Kier molecular flexibility index (Phi) is 7.23. The Morgan fingerprint density at radius 2 is 1.64 bits per heavy atom. The zero-order chi connectivity index (χ0) is 23.3. The van der Waals surface area contributed by atoms with Crippen molar-refractivity contribution in [2.45, 2.75) is 30.8 Å². The first-order valence-electron chi connectivity index (χ1n) is 11.1. The second-order valence-electron chi connectivity index (χ2n) is 8.46. The minimum absolute atomic E-state index is 0.0791. The molecule has 0 radical (unpaired) electrons. The molecule has 4 rings (SSSR count). The standard InChI is InChI=1S/C26H29N3O3S/c1-19-11-13-24(14-12-19)33(31,32)29-23-15-22(16-27-18-23)26(30)28-17-21-9-5-6-10-25(21)20-7-3-2-4-8-20/h2-14,22-23,27,29H,15-18H2,1H3,(H,28,30)/t22-,23-/m0/s1. The summed E-state index contributed by atoms with van der Waals surface area (Å²) in [7, 11) is -3.64. The van der Waals surface area contributed by atoms with E-state index in [2.05, 4.69) is 33.6 Å². The van der Waals surface area contributed by atoms with E-state index in [1.807, 2.05) is 43.3 Å². The monoisotopic (exact) mass is 463 g/mol. The fourth-order valence-corrected chi connectivity index (χ4v) is 5.39. The van der Waals surface area contributed by atoms with Crippen molar-refractivity contribution in [2.75, 3.05) is 13.1 Å². The van der Waals surface area contributed by atoms with Gasteiger partial charge < -0.3 is 10.6 Å². The molecule has 3 N–H and O–H groups in total. The predicted molar refractivity (Wildman–Crippen MR) is 130 cm³/mol. The Bertz CT molecular complexity index is 1190. The first-order valence-corrected chi connectivity index (χ1v) is 12.6. The summed E-state index contributed by atoms with van der Waals surface area (Å²) in [6.07, 6.45) is 0.449. The van der Waals surface area contributed by atoms with Gasteiger partial charge in [-0.2, -0.15) is 0 Å². The number of sulfonamides is 1. The first kappa shape index (κ1) is 23.2. The van der Waals surface area contributed by atoms with Crippen LogP contribution in [0.1, 0.15) is 17.5 Å². The molecule has 6 nitrogen and oxygen atoms in total. The molecule has 0 aromatic heterocycles. The van der Waals surface area contributed by atoms with Gasteiger partial charge in [-0.3, -0.25) is 4.79 Å². The molecule has 1 saturated heterocycles. The number of rotatable bonds is 7. The number of benzene rings is 3. The number of hydrogen-bond donors (Lipinski definition) is 3. The second kappa shape index (κ2) is 10.3. The van der Waals surface area contributed by atoms with Gasteiger partial charge in [0, 0.05) is 25.7 Å². The van der Waals surface area contributed by atoms with Gasteiger partial charge in [0.15, 0.2) is 0 Å². The highest BCUT2D eigenvalue weighted by Gasteiger charge is 2.30. The molecular formula is C26H29N3O3S. The van der Waals surface area contributed by atoms with Gasteiger partial charge in [0.25, 0.3) is 0 Å². The van der Waals surface area contributed by atoms with E-state index in [0.717, 1.165) is 22.3 Å². The lowest BCUT2D eigenvalue weighted by Gasteiger charge is -2.29. The molecular weight excluding hydrogens is 434 g/mol. The molecule has 1 amide bonds. The van der Waals surface area contributed by atoms with E-state index >= 15 is 0 Å². The topological polar surface area (TPSA) is 87.3 Å². The van der Waals surface area contributed by atoms with Crippen molar-refractivity contribution in [2.24, 2.45) is 5.92 Å². The lowest BCUT2D eigenvalue weighted by atomic mass is 9.95. The molecule has 1 fully saturated rings. The van der Waals surface area contributed by atoms with Gasteiger partial charge in [-0.15, -0.1) is 0 Å². The Hall–Kier alpha value is -3.00. The molecule has 0 spiro atoms. The van der Waals surface area contributed by atoms with Crippen molar-refractivity contribution in [1.82, 2.24) is 15.4 Å². The Morgan fingerprint density at radius 1 is 0.939 bits per heavy atom. The van der Waals surface area contributed by atoms with Crippen LogP contribution in [0.3, 0.4) is 0 Å². The van der Waals surface area contributed by atoms with Gasteiger partial charge in [-0.1, -0.05) is 72.3 Å². The second-order valence-corrected chi connectivity index (χ2v) is 10.2. The van der Waals surface area contributed by atoms with Crippen LogP contribution in [-0.2, 0) is 21.4 Å². The third-order valence-electron chi connectivity index (χ3n) is 5.93. The van der Waals surface area contributed by atoms with Crippen LogP contribution >= 0.6 is 0 Å². The largest absolute Gasteiger partial charge is 0.352 e. The molecule has 1 aliphatic rings. The van der Waals surface area contributed by atoms with E-state index in [1.54, 1.807) is 24.3 Å². The van der Waals surface area contributed by atoms with Crippen LogP contribution in [0.25, 0.3) is 11.1 Å². The Labute approximate surface area is 195 Å². The molecule has 0 unspecified atom stereocenters. The number of hydrogen-bond acceptors (Lipinski definition) is 4. The quantitative estimate of drug-likeness (QED) is 0.502. The van der Waals surface area contributed by atoms with E-state index in [0.29, 0.717) is 26.1 Å². The summed E-state index contributed by atoms with van der Waals surface area (Å²) in [6.45, 7) is 3.34. The van der Waals surface area contributed by atoms with Gasteiger partial charge in [0.1, 0.15) is 0 Å². The summed E-state index contributed by atoms with van der Waals surface area (Å²) in [5, 5.41) is 6.24. The number of carbonyl (C=O) groups excluding carboxylic acids is 1. The van der Waals surface area contributed by atoms with Crippen molar-refractivity contribution >= 4 is 15.9 Å². The zero-order valence-electron chi connectivity index (χ0n) is 18.6. The molecule has 2 atom stereocenters. The summed E-state index contributed by atoms with van der Waals surface area (Å²) in [6, 6.07) is 24.5. The average Bonchev–Trinajstić information content (AvgIpc) is 2.83. The lowest BCUT2D eigenvalue weighted by Crippen LogP contribution is -2.52. The normalized spacial score (nSPS) is 18.6. The van der Waals surface area contributed by atoms with E-state index in [9.17, 15) is 13.2 Å². The van der Waals surface area contributed by atoms with Crippen LogP contribution in [0.2, 0.25) is 0 Å². The van der Waals surface area contributed by atoms with Crippen LogP contribution in [-0.4, -0.2) is 33.5 Å². The number of amides is 1. The molecule has 0 bridgehead atoms. The van der Waals surface area contributed by atoms with Crippen LogP contribution in [0.15, 0.2) is 83.8 Å². The van der Waals surface area contributed by atoms with Crippen LogP contribution in [0.4, 0.5) is 0 Å². The fourth-order valence-electron chi connectivity index (χ4n) is 4.14. The fraction of sp³-hybridized carbons (Fsp3) is 0.269. The maximum Gasteiger partial charge on any atom is 0.240 e. The van der Waals surface area contributed by atoms with Gasteiger partial charge >= 0.3 is 0 Å². The van der Waals surface area contributed by atoms with Crippen molar-refractivity contribution in [3.8, 4) is 11.1 Å². The summed E-state index contributed by atoms with van der Waals surface area (Å²) in [5.74, 6) is -0.391. The van der Waals surface area contributed by atoms with E-state index in [4.69, 9.17) is 0 Å². The predicted octanol–water partition coefficient (Wildman–Crippen LogP) is 3.23. The maximum atomic E-state index is 12.9. The van der Waals surface area contributed by atoms with Crippen LogP contribution < -0.4 is 15.4 Å².